The first-order valence-corrected chi connectivity index (χ1v) is 7.17. The molecule has 0 saturated heterocycles. The molecule has 5 nitrogen and oxygen atoms in total. The second-order valence-corrected chi connectivity index (χ2v) is 5.92. The molecule has 2 atom stereocenters. The lowest BCUT2D eigenvalue weighted by atomic mass is 10.1. The molecule has 0 fully saturated rings. The van der Waals surface area contributed by atoms with E-state index in [1.807, 2.05) is 13.8 Å². The Morgan fingerprint density at radius 2 is 1.88 bits per heavy atom. The summed E-state index contributed by atoms with van der Waals surface area (Å²) in [6, 6.07) is 0. The van der Waals surface area contributed by atoms with Gasteiger partial charge in [0.1, 0.15) is 0 Å². The molecule has 98 valence electrons. The van der Waals surface area contributed by atoms with Crippen LogP contribution >= 0.6 is 0 Å². The molecule has 0 radical (unpaired) electrons. The minimum Gasteiger partial charge on any atom is -0.382 e. The molecule has 2 unspecified atom stereocenters. The Balaban J connectivity index is 3.54. The van der Waals surface area contributed by atoms with Gasteiger partial charge in [-0.3, -0.25) is 0 Å². The zero-order valence-electron chi connectivity index (χ0n) is 10.3. The smallest absolute Gasteiger partial charge is 0.209 e. The van der Waals surface area contributed by atoms with E-state index in [0.717, 1.165) is 6.42 Å². The van der Waals surface area contributed by atoms with Gasteiger partial charge in [-0.2, -0.15) is 0 Å². The first kappa shape index (κ1) is 15.8. The van der Waals surface area contributed by atoms with Gasteiger partial charge in [0.25, 0.3) is 0 Å². The number of hydrogen-bond acceptors (Lipinski definition) is 4. The van der Waals surface area contributed by atoms with Crippen molar-refractivity contribution in [3.05, 3.63) is 0 Å². The Hall–Kier alpha value is -0.170. The van der Waals surface area contributed by atoms with Crippen LogP contribution in [0.1, 0.15) is 26.7 Å². The van der Waals surface area contributed by atoms with Gasteiger partial charge in [0.05, 0.1) is 18.5 Å². The molecule has 0 aliphatic carbocycles. The molecular formula is C10H23NO4S. The predicted molar refractivity (Wildman–Crippen MR) is 63.7 cm³/mol. The summed E-state index contributed by atoms with van der Waals surface area (Å²) in [5, 5.41) is 4.92. The summed E-state index contributed by atoms with van der Waals surface area (Å²) in [6.07, 6.45) is 1.50. The Morgan fingerprint density at radius 1 is 1.25 bits per heavy atom. The number of primary sulfonamides is 1. The van der Waals surface area contributed by atoms with Crippen LogP contribution in [0.4, 0.5) is 0 Å². The van der Waals surface area contributed by atoms with E-state index in [-0.39, 0.29) is 11.9 Å². The van der Waals surface area contributed by atoms with Crippen molar-refractivity contribution in [1.82, 2.24) is 0 Å². The van der Waals surface area contributed by atoms with Gasteiger partial charge >= 0.3 is 0 Å². The molecule has 0 aromatic carbocycles. The topological polar surface area (TPSA) is 78.6 Å². The van der Waals surface area contributed by atoms with Crippen LogP contribution in [0.25, 0.3) is 0 Å². The monoisotopic (exact) mass is 253 g/mol. The first-order valence-electron chi connectivity index (χ1n) is 5.46. The second-order valence-electron chi connectivity index (χ2n) is 4.19. The molecule has 0 bridgehead atoms. The number of hydrogen-bond donors (Lipinski definition) is 1. The standard InChI is InChI=1S/C10H23NO4S/c1-9(5-7-16(11,12)13)4-6-15-10(2)8-14-3/h9-10H,4-8H2,1-3H3,(H2,11,12,13). The third-order valence-corrected chi connectivity index (χ3v) is 3.11. The average Bonchev–Trinajstić information content (AvgIpc) is 2.14. The Labute approximate surface area is 98.4 Å². The van der Waals surface area contributed by atoms with Gasteiger partial charge in [0.15, 0.2) is 0 Å². The lowest BCUT2D eigenvalue weighted by Crippen LogP contribution is -2.20. The molecule has 0 spiro atoms. The van der Waals surface area contributed by atoms with Crippen LogP contribution in [0.15, 0.2) is 0 Å². The van der Waals surface area contributed by atoms with E-state index in [2.05, 4.69) is 0 Å². The van der Waals surface area contributed by atoms with E-state index in [4.69, 9.17) is 14.6 Å². The summed E-state index contributed by atoms with van der Waals surface area (Å²) in [4.78, 5) is 0. The molecule has 2 N–H and O–H groups in total. The highest BCUT2D eigenvalue weighted by Gasteiger charge is 2.09. The minimum absolute atomic E-state index is 0.0434. The van der Waals surface area contributed by atoms with E-state index in [9.17, 15) is 8.42 Å². The third kappa shape index (κ3) is 10.4. The molecule has 0 aromatic rings. The van der Waals surface area contributed by atoms with Crippen LogP contribution in [-0.2, 0) is 19.5 Å². The van der Waals surface area contributed by atoms with Gasteiger partial charge < -0.3 is 9.47 Å². The molecule has 0 amide bonds. The van der Waals surface area contributed by atoms with E-state index in [0.29, 0.717) is 25.6 Å². The summed E-state index contributed by atoms with van der Waals surface area (Å²) >= 11 is 0. The van der Waals surface area contributed by atoms with E-state index in [1.54, 1.807) is 7.11 Å². The van der Waals surface area contributed by atoms with Crippen molar-refractivity contribution < 1.29 is 17.9 Å². The fraction of sp³-hybridized carbons (Fsp3) is 1.00. The molecule has 0 rings (SSSR count). The molecule has 0 aliphatic heterocycles. The zero-order valence-corrected chi connectivity index (χ0v) is 11.1. The fourth-order valence-electron chi connectivity index (χ4n) is 1.26. The molecule has 0 saturated carbocycles. The highest BCUT2D eigenvalue weighted by molar-refractivity contribution is 7.89. The van der Waals surface area contributed by atoms with Crippen LogP contribution in [0, 0.1) is 5.92 Å². The van der Waals surface area contributed by atoms with Crippen molar-refractivity contribution in [3.8, 4) is 0 Å². The maximum atomic E-state index is 10.7. The summed E-state index contributed by atoms with van der Waals surface area (Å²) < 4.78 is 31.9. The van der Waals surface area contributed by atoms with Crippen molar-refractivity contribution in [1.29, 1.82) is 0 Å². The van der Waals surface area contributed by atoms with Crippen LogP contribution in [0.5, 0.6) is 0 Å². The molecule has 16 heavy (non-hydrogen) atoms. The van der Waals surface area contributed by atoms with Crippen molar-refractivity contribution in [3.63, 3.8) is 0 Å². The maximum Gasteiger partial charge on any atom is 0.209 e. The Morgan fingerprint density at radius 3 is 2.38 bits per heavy atom. The molecule has 0 aromatic heterocycles. The maximum absolute atomic E-state index is 10.7. The van der Waals surface area contributed by atoms with Crippen molar-refractivity contribution in [2.75, 3.05) is 26.1 Å². The highest BCUT2D eigenvalue weighted by Crippen LogP contribution is 2.09. The highest BCUT2D eigenvalue weighted by atomic mass is 32.2. The van der Waals surface area contributed by atoms with Crippen LogP contribution in [-0.4, -0.2) is 40.6 Å². The summed E-state index contributed by atoms with van der Waals surface area (Å²) in [5.41, 5.74) is 0. The van der Waals surface area contributed by atoms with Crippen molar-refractivity contribution in [2.24, 2.45) is 11.1 Å². The van der Waals surface area contributed by atoms with Gasteiger partial charge in [0.2, 0.25) is 10.0 Å². The third-order valence-electron chi connectivity index (χ3n) is 2.31. The van der Waals surface area contributed by atoms with Crippen LogP contribution < -0.4 is 5.14 Å². The predicted octanol–water partition coefficient (Wildman–Crippen LogP) is 0.743. The van der Waals surface area contributed by atoms with Crippen LogP contribution in [0.2, 0.25) is 0 Å². The van der Waals surface area contributed by atoms with Crippen molar-refractivity contribution >= 4 is 10.0 Å². The summed E-state index contributed by atoms with van der Waals surface area (Å²) in [6.45, 7) is 5.13. The number of ether oxygens (including phenoxy) is 2. The fourth-order valence-corrected chi connectivity index (χ4v) is 1.99. The lowest BCUT2D eigenvalue weighted by molar-refractivity contribution is 0.00446. The van der Waals surface area contributed by atoms with Gasteiger partial charge in [0, 0.05) is 13.7 Å². The van der Waals surface area contributed by atoms with Gasteiger partial charge in [-0.05, 0) is 25.7 Å². The van der Waals surface area contributed by atoms with E-state index >= 15 is 0 Å². The lowest BCUT2D eigenvalue weighted by Gasteiger charge is -2.14. The quantitative estimate of drug-likeness (QED) is 0.657. The largest absolute Gasteiger partial charge is 0.382 e. The second kappa shape index (κ2) is 8.00. The first-order chi connectivity index (χ1) is 7.35. The molecule has 0 heterocycles. The molecule has 0 aliphatic rings. The summed E-state index contributed by atoms with van der Waals surface area (Å²) in [7, 11) is -1.70. The minimum atomic E-state index is -3.33. The normalized spacial score (nSPS) is 16.0. The average molecular weight is 253 g/mol. The van der Waals surface area contributed by atoms with Crippen LogP contribution in [0.3, 0.4) is 0 Å². The SMILES string of the molecule is COCC(C)OCCC(C)CCS(N)(=O)=O. The zero-order chi connectivity index (χ0) is 12.6. The number of rotatable bonds is 9. The van der Waals surface area contributed by atoms with E-state index in [1.165, 1.54) is 0 Å². The number of sulfonamides is 1. The molecular weight excluding hydrogens is 230 g/mol. The van der Waals surface area contributed by atoms with Crippen molar-refractivity contribution in [2.45, 2.75) is 32.8 Å². The number of methoxy groups -OCH3 is 1. The Kier molecular flexibility index (Phi) is 7.91. The van der Waals surface area contributed by atoms with Gasteiger partial charge in [-0.1, -0.05) is 6.92 Å². The van der Waals surface area contributed by atoms with Gasteiger partial charge in [-0.25, -0.2) is 13.6 Å². The molecule has 6 heteroatoms. The Bertz CT molecular complexity index is 266. The summed E-state index contributed by atoms with van der Waals surface area (Å²) in [5.74, 6) is 0.343. The van der Waals surface area contributed by atoms with Gasteiger partial charge in [-0.15, -0.1) is 0 Å². The number of nitrogens with two attached hydrogens (primary N) is 1. The van der Waals surface area contributed by atoms with E-state index < -0.39 is 10.0 Å².